The Morgan fingerprint density at radius 1 is 1.39 bits per heavy atom. The number of benzene rings is 2. The molecule has 1 aliphatic rings. The SMILES string of the molecule is C=CCOC(=O)N1C[C@@H](S)C[C@H]1CNS(=O)(=O)c1cc([14C](=O)O)c(O)c2ccccc12. The van der Waals surface area contributed by atoms with E-state index in [0.29, 0.717) is 13.0 Å². The predicted octanol–water partition coefficient (Wildman–Crippen LogP) is 2.22. The minimum atomic E-state index is -4.18. The van der Waals surface area contributed by atoms with Gasteiger partial charge in [-0.25, -0.2) is 22.7 Å². The molecule has 0 aromatic heterocycles. The summed E-state index contributed by atoms with van der Waals surface area (Å²) in [4.78, 5) is 24.9. The number of sulfonamides is 1. The minimum absolute atomic E-state index is 0.0302. The molecule has 166 valence electrons. The predicted molar refractivity (Wildman–Crippen MR) is 117 cm³/mol. The third kappa shape index (κ3) is 4.78. The van der Waals surface area contributed by atoms with Crippen molar-refractivity contribution in [2.75, 3.05) is 19.7 Å². The lowest BCUT2D eigenvalue weighted by molar-refractivity contribution is 0.0693. The lowest BCUT2D eigenvalue weighted by Crippen LogP contribution is -2.43. The second kappa shape index (κ2) is 9.16. The van der Waals surface area contributed by atoms with Gasteiger partial charge in [0.2, 0.25) is 10.0 Å². The van der Waals surface area contributed by atoms with Crippen LogP contribution in [0.15, 0.2) is 47.9 Å². The number of fused-ring (bicyclic) bond motifs is 1. The first-order chi connectivity index (χ1) is 14.7. The van der Waals surface area contributed by atoms with Crippen molar-refractivity contribution in [2.24, 2.45) is 0 Å². The van der Waals surface area contributed by atoms with Crippen molar-refractivity contribution >= 4 is 45.5 Å². The third-order valence-corrected chi connectivity index (χ3v) is 6.80. The molecule has 1 saturated heterocycles. The van der Waals surface area contributed by atoms with Crippen molar-refractivity contribution in [1.82, 2.24) is 9.62 Å². The van der Waals surface area contributed by atoms with E-state index in [0.717, 1.165) is 6.07 Å². The van der Waals surface area contributed by atoms with Crippen molar-refractivity contribution in [3.05, 3.63) is 48.6 Å². The Morgan fingerprint density at radius 2 is 2.06 bits per heavy atom. The molecular weight excluding hydrogens is 446 g/mol. The number of aromatic carboxylic acids is 1. The van der Waals surface area contributed by atoms with Gasteiger partial charge in [0.25, 0.3) is 0 Å². The van der Waals surface area contributed by atoms with Crippen LogP contribution in [0.1, 0.15) is 16.8 Å². The van der Waals surface area contributed by atoms with Gasteiger partial charge in [-0.2, -0.15) is 12.6 Å². The van der Waals surface area contributed by atoms with Gasteiger partial charge in [-0.1, -0.05) is 36.9 Å². The number of hydrogen-bond acceptors (Lipinski definition) is 7. The maximum absolute atomic E-state index is 13.1. The van der Waals surface area contributed by atoms with Crippen LogP contribution in [0.25, 0.3) is 10.8 Å². The van der Waals surface area contributed by atoms with Gasteiger partial charge in [-0.15, -0.1) is 0 Å². The first-order valence-electron chi connectivity index (χ1n) is 9.35. The van der Waals surface area contributed by atoms with Gasteiger partial charge in [0.15, 0.2) is 0 Å². The number of nitrogens with one attached hydrogen (secondary N) is 1. The van der Waals surface area contributed by atoms with E-state index in [1.54, 1.807) is 12.1 Å². The molecule has 2 aromatic carbocycles. The highest BCUT2D eigenvalue weighted by atomic mass is 32.2. The Bertz CT molecular complexity index is 1130. The summed E-state index contributed by atoms with van der Waals surface area (Å²) in [6.07, 6.45) is 1.29. The number of nitrogens with zero attached hydrogens (tertiary/aromatic N) is 1. The summed E-state index contributed by atoms with van der Waals surface area (Å²) < 4.78 is 33.6. The van der Waals surface area contributed by atoms with E-state index in [4.69, 9.17) is 4.74 Å². The van der Waals surface area contributed by atoms with Crippen LogP contribution in [0.3, 0.4) is 0 Å². The second-order valence-corrected chi connectivity index (χ2v) is 9.50. The first-order valence-corrected chi connectivity index (χ1v) is 11.4. The van der Waals surface area contributed by atoms with Crippen molar-refractivity contribution in [2.45, 2.75) is 22.6 Å². The quantitative estimate of drug-likeness (QED) is 0.362. The highest BCUT2D eigenvalue weighted by Gasteiger charge is 2.35. The molecule has 31 heavy (non-hydrogen) atoms. The zero-order chi connectivity index (χ0) is 22.8. The van der Waals surface area contributed by atoms with E-state index in [1.807, 2.05) is 0 Å². The standard InChI is InChI=1S/C20H22N2O7S2/c1-2-7-29-20(26)22-11-13(30)8-12(22)10-21-31(27,28)17-9-16(19(24)25)18(23)15-6-4-3-5-14(15)17/h2-6,9,12-13,21,23,30H,1,7-8,10-11H2,(H,24,25)/t12-,13-/m0/s1/i19+2. The maximum atomic E-state index is 13.1. The van der Waals surface area contributed by atoms with Crippen LogP contribution in [0.2, 0.25) is 0 Å². The molecule has 0 aliphatic carbocycles. The number of rotatable bonds is 7. The van der Waals surface area contributed by atoms with Gasteiger partial charge in [-0.3, -0.25) is 0 Å². The first kappa shape index (κ1) is 22.9. The number of likely N-dealkylation sites (tertiary alicyclic amines) is 1. The average molecular weight is 469 g/mol. The molecule has 0 saturated carbocycles. The number of carboxylic acids is 1. The Labute approximate surface area is 184 Å². The van der Waals surface area contributed by atoms with Crippen molar-refractivity contribution in [3.8, 4) is 5.75 Å². The fraction of sp³-hybridized carbons (Fsp3) is 0.300. The molecule has 0 bridgehead atoms. The van der Waals surface area contributed by atoms with Gasteiger partial charge >= 0.3 is 12.1 Å². The van der Waals surface area contributed by atoms with E-state index in [9.17, 15) is 28.2 Å². The summed E-state index contributed by atoms with van der Waals surface area (Å²) in [5, 5.41) is 19.7. The molecule has 2 atom stereocenters. The Morgan fingerprint density at radius 3 is 2.71 bits per heavy atom. The average Bonchev–Trinajstić information content (AvgIpc) is 3.11. The second-order valence-electron chi connectivity index (χ2n) is 7.03. The number of carboxylic acid groups (broad SMARTS) is 1. The number of ether oxygens (including phenoxy) is 1. The fourth-order valence-electron chi connectivity index (χ4n) is 3.52. The summed E-state index contributed by atoms with van der Waals surface area (Å²) in [5.74, 6) is -1.96. The number of phenols is 1. The largest absolute Gasteiger partial charge is 0.506 e. The molecule has 1 fully saturated rings. The van der Waals surface area contributed by atoms with Crippen molar-refractivity contribution in [1.29, 1.82) is 0 Å². The fourth-order valence-corrected chi connectivity index (χ4v) is 5.25. The molecule has 1 aliphatic heterocycles. The van der Waals surface area contributed by atoms with Gasteiger partial charge in [0.05, 0.1) is 4.90 Å². The monoisotopic (exact) mass is 468 g/mol. The topological polar surface area (TPSA) is 133 Å². The summed E-state index contributed by atoms with van der Waals surface area (Å²) >= 11 is 4.39. The Kier molecular flexibility index (Phi) is 6.77. The number of amides is 1. The van der Waals surface area contributed by atoms with Gasteiger partial charge < -0.3 is 19.8 Å². The number of hydrogen-bond donors (Lipinski definition) is 4. The van der Waals surface area contributed by atoms with Crippen LogP contribution >= 0.6 is 12.6 Å². The Balaban J connectivity index is 1.90. The van der Waals surface area contributed by atoms with Gasteiger partial charge in [0.1, 0.15) is 17.9 Å². The zero-order valence-electron chi connectivity index (χ0n) is 16.4. The highest BCUT2D eigenvalue weighted by molar-refractivity contribution is 7.89. The molecule has 3 N–H and O–H groups in total. The van der Waals surface area contributed by atoms with Gasteiger partial charge in [-0.05, 0) is 12.5 Å². The third-order valence-electron chi connectivity index (χ3n) is 4.96. The van der Waals surface area contributed by atoms with E-state index in [1.165, 1.54) is 23.1 Å². The number of aromatic hydroxyl groups is 1. The minimum Gasteiger partial charge on any atom is -0.506 e. The molecule has 0 spiro atoms. The van der Waals surface area contributed by atoms with Crippen LogP contribution in [-0.4, -0.2) is 66.6 Å². The normalized spacial score (nSPS) is 18.8. The molecule has 1 heterocycles. The van der Waals surface area contributed by atoms with E-state index < -0.39 is 39.4 Å². The van der Waals surface area contributed by atoms with Gasteiger partial charge in [0, 0.05) is 35.2 Å². The van der Waals surface area contributed by atoms with Crippen molar-refractivity contribution in [3.63, 3.8) is 0 Å². The molecule has 11 heteroatoms. The molecular formula is C20H22N2O7S2. The number of carbonyl (C=O) groups is 2. The molecule has 0 unspecified atom stereocenters. The summed E-state index contributed by atoms with van der Waals surface area (Å²) in [7, 11) is -4.18. The van der Waals surface area contributed by atoms with Crippen molar-refractivity contribution < 1.29 is 33.0 Å². The number of thiol groups is 1. The smallest absolute Gasteiger partial charge is 0.410 e. The molecule has 2 aromatic rings. The van der Waals surface area contributed by atoms with E-state index in [-0.39, 0.29) is 34.1 Å². The summed E-state index contributed by atoms with van der Waals surface area (Å²) in [6, 6.07) is 6.51. The summed E-state index contributed by atoms with van der Waals surface area (Å²) in [5.41, 5.74) is -0.523. The molecule has 9 nitrogen and oxygen atoms in total. The van der Waals surface area contributed by atoms with Crippen LogP contribution in [-0.2, 0) is 14.8 Å². The van der Waals surface area contributed by atoms with Crippen LogP contribution in [0, 0.1) is 0 Å². The molecule has 1 amide bonds. The van der Waals surface area contributed by atoms with E-state index >= 15 is 0 Å². The highest BCUT2D eigenvalue weighted by Crippen LogP contribution is 2.34. The Hall–Kier alpha value is -2.76. The lowest BCUT2D eigenvalue weighted by atomic mass is 10.1. The van der Waals surface area contributed by atoms with E-state index in [2.05, 4.69) is 23.9 Å². The summed E-state index contributed by atoms with van der Waals surface area (Å²) in [6.45, 7) is 3.71. The zero-order valence-corrected chi connectivity index (χ0v) is 18.1. The molecule has 0 radical (unpaired) electrons. The van der Waals surface area contributed by atoms with Crippen LogP contribution in [0.4, 0.5) is 4.79 Å². The molecule has 3 rings (SSSR count). The lowest BCUT2D eigenvalue weighted by Gasteiger charge is -2.24. The number of carbonyl (C=O) groups excluding carboxylic acids is 1. The maximum Gasteiger partial charge on any atom is 0.410 e. The van der Waals surface area contributed by atoms with Crippen LogP contribution in [0.5, 0.6) is 5.75 Å². The van der Waals surface area contributed by atoms with Crippen LogP contribution < -0.4 is 4.72 Å².